The number of methoxy groups -OCH3 is 1. The highest BCUT2D eigenvalue weighted by molar-refractivity contribution is 5.96. The first-order valence-electron chi connectivity index (χ1n) is 14.2. The fourth-order valence-corrected chi connectivity index (χ4v) is 10.9. The van der Waals surface area contributed by atoms with E-state index >= 15 is 0 Å². The Balaban J connectivity index is 1.66. The summed E-state index contributed by atoms with van der Waals surface area (Å²) in [5, 5.41) is 10.9. The molecule has 0 amide bonds. The van der Waals surface area contributed by atoms with Crippen LogP contribution in [-0.4, -0.2) is 30.1 Å². The topological polar surface area (TPSA) is 63.6 Å². The van der Waals surface area contributed by atoms with Crippen LogP contribution >= 0.6 is 0 Å². The molecule has 0 aromatic carbocycles. The van der Waals surface area contributed by atoms with Crippen LogP contribution in [0.2, 0.25) is 0 Å². The van der Waals surface area contributed by atoms with Crippen LogP contribution in [0.5, 0.6) is 0 Å². The van der Waals surface area contributed by atoms with Gasteiger partial charge in [0.15, 0.2) is 5.78 Å². The van der Waals surface area contributed by atoms with Crippen LogP contribution in [0.3, 0.4) is 0 Å². The molecular weight excluding hydrogens is 436 g/mol. The minimum absolute atomic E-state index is 0.0313. The summed E-state index contributed by atoms with van der Waals surface area (Å²) in [5.41, 5.74) is 0.232. The molecule has 0 bridgehead atoms. The lowest BCUT2D eigenvalue weighted by atomic mass is 9.33. The van der Waals surface area contributed by atoms with Crippen LogP contribution in [0.15, 0.2) is 11.6 Å². The molecule has 5 aliphatic rings. The molecule has 0 unspecified atom stereocenters. The summed E-state index contributed by atoms with van der Waals surface area (Å²) < 4.78 is 5.45. The number of hydrogen-bond acceptors (Lipinski definition) is 4. The van der Waals surface area contributed by atoms with Crippen molar-refractivity contribution in [3.05, 3.63) is 11.6 Å². The maximum absolute atomic E-state index is 14.3. The molecule has 0 aromatic heterocycles. The molecule has 5 aliphatic carbocycles. The average Bonchev–Trinajstić information content (AvgIpc) is 2.79. The van der Waals surface area contributed by atoms with Crippen LogP contribution in [-0.2, 0) is 14.3 Å². The first-order chi connectivity index (χ1) is 16.2. The van der Waals surface area contributed by atoms with Crippen molar-refractivity contribution in [2.45, 2.75) is 106 Å². The Kier molecular flexibility index (Phi) is 5.59. The molecule has 0 radical (unpaired) electrons. The van der Waals surface area contributed by atoms with E-state index in [4.69, 9.17) is 4.74 Å². The normalized spacial score (nSPS) is 52.8. The largest absolute Gasteiger partial charge is 0.469 e. The Morgan fingerprint density at radius 3 is 2.31 bits per heavy atom. The van der Waals surface area contributed by atoms with Crippen molar-refractivity contribution in [1.29, 1.82) is 0 Å². The first kappa shape index (κ1) is 25.5. The smallest absolute Gasteiger partial charge is 0.312 e. The van der Waals surface area contributed by atoms with Gasteiger partial charge in [-0.15, -0.1) is 0 Å². The maximum atomic E-state index is 14.3. The standard InChI is InChI=1S/C31H48O4/c1-18-9-14-31(26(34)35-8)16-15-29(6)20(24(31)19(18)2)17-21(32)25-28(5)12-11-23(33)27(3,4)22(28)10-13-30(25,29)7/h17-19,22-25,33H,9-16H2,1-8H3/t18-,19+,22+,23+,24+,25-,28+,29-,30-,31+/m1/s1. The monoisotopic (exact) mass is 484 g/mol. The van der Waals surface area contributed by atoms with E-state index in [1.165, 1.54) is 12.7 Å². The number of aliphatic hydroxyl groups is 1. The van der Waals surface area contributed by atoms with Gasteiger partial charge in [-0.05, 0) is 103 Å². The van der Waals surface area contributed by atoms with E-state index in [-0.39, 0.29) is 51.4 Å². The molecule has 0 aliphatic heterocycles. The van der Waals surface area contributed by atoms with Gasteiger partial charge in [-0.3, -0.25) is 9.59 Å². The van der Waals surface area contributed by atoms with Gasteiger partial charge in [0.2, 0.25) is 0 Å². The fraction of sp³-hybridized carbons (Fsp3) is 0.871. The van der Waals surface area contributed by atoms with E-state index < -0.39 is 5.41 Å². The molecule has 10 atom stereocenters. The molecule has 35 heavy (non-hydrogen) atoms. The third-order valence-electron chi connectivity index (χ3n) is 13.3. The molecule has 196 valence electrons. The Bertz CT molecular complexity index is 965. The number of aliphatic hydroxyl groups excluding tert-OH is 1. The molecule has 4 heteroatoms. The molecule has 4 fully saturated rings. The third-order valence-corrected chi connectivity index (χ3v) is 13.3. The summed E-state index contributed by atoms with van der Waals surface area (Å²) in [6.07, 6.45) is 9.20. The highest BCUT2D eigenvalue weighted by Crippen LogP contribution is 2.75. The summed E-state index contributed by atoms with van der Waals surface area (Å²) in [4.78, 5) is 27.7. The third kappa shape index (κ3) is 2.95. The molecule has 0 aromatic rings. The van der Waals surface area contributed by atoms with E-state index in [0.29, 0.717) is 17.8 Å². The van der Waals surface area contributed by atoms with Gasteiger partial charge in [-0.2, -0.15) is 0 Å². The van der Waals surface area contributed by atoms with E-state index in [1.807, 2.05) is 6.08 Å². The van der Waals surface area contributed by atoms with Crippen molar-refractivity contribution in [3.63, 3.8) is 0 Å². The van der Waals surface area contributed by atoms with Crippen LogP contribution < -0.4 is 0 Å². The van der Waals surface area contributed by atoms with Crippen molar-refractivity contribution in [2.24, 2.45) is 56.7 Å². The summed E-state index contributed by atoms with van der Waals surface area (Å²) in [6.45, 7) is 16.3. The minimum atomic E-state index is -0.493. The predicted molar refractivity (Wildman–Crippen MR) is 137 cm³/mol. The maximum Gasteiger partial charge on any atom is 0.312 e. The number of esters is 1. The predicted octanol–water partition coefficient (Wildman–Crippen LogP) is 6.36. The number of hydrogen-bond donors (Lipinski definition) is 1. The Morgan fingerprint density at radius 1 is 0.971 bits per heavy atom. The van der Waals surface area contributed by atoms with Gasteiger partial charge in [-0.1, -0.05) is 54.0 Å². The first-order valence-corrected chi connectivity index (χ1v) is 14.2. The van der Waals surface area contributed by atoms with E-state index in [1.54, 1.807) is 0 Å². The van der Waals surface area contributed by atoms with Crippen molar-refractivity contribution < 1.29 is 19.4 Å². The van der Waals surface area contributed by atoms with Gasteiger partial charge in [0.25, 0.3) is 0 Å². The molecule has 1 N–H and O–H groups in total. The number of carbonyl (C=O) groups excluding carboxylic acids is 2. The second-order valence-electron chi connectivity index (χ2n) is 14.7. The molecule has 4 saturated carbocycles. The summed E-state index contributed by atoms with van der Waals surface area (Å²) in [6, 6.07) is 0. The summed E-state index contributed by atoms with van der Waals surface area (Å²) >= 11 is 0. The number of ether oxygens (including phenoxy) is 1. The van der Waals surface area contributed by atoms with Gasteiger partial charge in [0.1, 0.15) is 0 Å². The number of allylic oxidation sites excluding steroid dienone is 2. The molecular formula is C31H48O4. The second-order valence-corrected chi connectivity index (χ2v) is 14.7. The summed E-state index contributed by atoms with van der Waals surface area (Å²) in [5.74, 6) is 1.47. The SMILES string of the molecule is COC(=O)[C@]12CC[C@@H](C)[C@H](C)[C@H]1C1=CC(=O)[C@@H]3[C@@]4(C)CC[C@H](O)C(C)(C)[C@@H]4CC[C@@]3(C)[C@]1(C)CC2. The molecule has 0 heterocycles. The van der Waals surface area contributed by atoms with Crippen molar-refractivity contribution >= 4 is 11.8 Å². The van der Waals surface area contributed by atoms with Crippen molar-refractivity contribution in [2.75, 3.05) is 7.11 Å². The van der Waals surface area contributed by atoms with E-state index in [2.05, 4.69) is 48.5 Å². The Labute approximate surface area is 212 Å². The average molecular weight is 485 g/mol. The lowest BCUT2D eigenvalue weighted by Gasteiger charge is -2.70. The molecule has 5 rings (SSSR count). The zero-order chi connectivity index (χ0) is 25.8. The van der Waals surface area contributed by atoms with Gasteiger partial charge in [-0.25, -0.2) is 0 Å². The zero-order valence-electron chi connectivity index (χ0n) is 23.4. The van der Waals surface area contributed by atoms with Crippen LogP contribution in [0.1, 0.15) is 99.8 Å². The van der Waals surface area contributed by atoms with E-state index in [9.17, 15) is 14.7 Å². The minimum Gasteiger partial charge on any atom is -0.469 e. The second kappa shape index (κ2) is 7.68. The van der Waals surface area contributed by atoms with Crippen molar-refractivity contribution in [1.82, 2.24) is 0 Å². The number of fused-ring (bicyclic) bond motifs is 7. The Morgan fingerprint density at radius 2 is 1.66 bits per heavy atom. The van der Waals surface area contributed by atoms with Crippen LogP contribution in [0, 0.1) is 56.7 Å². The number of rotatable bonds is 1. The zero-order valence-corrected chi connectivity index (χ0v) is 23.4. The van der Waals surface area contributed by atoms with E-state index in [0.717, 1.165) is 51.4 Å². The highest BCUT2D eigenvalue weighted by Gasteiger charge is 2.71. The van der Waals surface area contributed by atoms with Gasteiger partial charge in [0, 0.05) is 5.92 Å². The fourth-order valence-electron chi connectivity index (χ4n) is 10.9. The Hall–Kier alpha value is -1.16. The summed E-state index contributed by atoms with van der Waals surface area (Å²) in [7, 11) is 1.53. The number of ketones is 1. The lowest BCUT2D eigenvalue weighted by Crippen LogP contribution is -2.67. The lowest BCUT2D eigenvalue weighted by molar-refractivity contribution is -0.205. The molecule has 0 spiro atoms. The van der Waals surface area contributed by atoms with Crippen LogP contribution in [0.4, 0.5) is 0 Å². The van der Waals surface area contributed by atoms with Gasteiger partial charge < -0.3 is 9.84 Å². The van der Waals surface area contributed by atoms with Gasteiger partial charge in [0.05, 0.1) is 18.6 Å². The molecule has 4 nitrogen and oxygen atoms in total. The molecule has 0 saturated heterocycles. The van der Waals surface area contributed by atoms with Crippen LogP contribution in [0.25, 0.3) is 0 Å². The quantitative estimate of drug-likeness (QED) is 0.440. The van der Waals surface area contributed by atoms with Crippen molar-refractivity contribution in [3.8, 4) is 0 Å². The van der Waals surface area contributed by atoms with Gasteiger partial charge >= 0.3 is 5.97 Å². The number of carbonyl (C=O) groups is 2. The highest BCUT2D eigenvalue weighted by atomic mass is 16.5.